The minimum Gasteiger partial charge on any atom is -0.479 e. The number of piperidine rings is 2. The molecule has 0 spiro atoms. The molecule has 0 saturated carbocycles. The fourth-order valence-electron chi connectivity index (χ4n) is 9.24. The molecule has 6 N–H and O–H groups in total. The van der Waals surface area contributed by atoms with Gasteiger partial charge in [0.1, 0.15) is 11.3 Å². The lowest BCUT2D eigenvalue weighted by molar-refractivity contribution is -0.139. The number of likely N-dealkylation sites (tertiary alicyclic amines) is 1. The van der Waals surface area contributed by atoms with Crippen molar-refractivity contribution in [3.05, 3.63) is 93.3 Å². The minimum atomic E-state index is -3.81. The van der Waals surface area contributed by atoms with Crippen LogP contribution in [0.4, 0.5) is 17.1 Å². The monoisotopic (exact) mass is 1030 g/mol. The Balaban J connectivity index is 0.877. The highest BCUT2D eigenvalue weighted by atomic mass is 35.5. The van der Waals surface area contributed by atoms with Crippen molar-refractivity contribution in [2.24, 2.45) is 22.6 Å². The fraction of sp³-hybridized carbons (Fsp3) is 0.388. The quantitative estimate of drug-likeness (QED) is 0.0500. The van der Waals surface area contributed by atoms with Crippen LogP contribution in [-0.4, -0.2) is 125 Å². The number of hydrogen-bond acceptors (Lipinski definition) is 13. The van der Waals surface area contributed by atoms with Crippen molar-refractivity contribution >= 4 is 98.1 Å². The average molecular weight is 1030 g/mol. The number of carbonyl (C=O) groups is 7. The molecule has 2 saturated heterocycles. The summed E-state index contributed by atoms with van der Waals surface area (Å²) >= 11 is 7.34. The number of sulfonamides is 1. The van der Waals surface area contributed by atoms with Gasteiger partial charge in [-0.3, -0.25) is 24.2 Å². The Morgan fingerprint density at radius 3 is 2.44 bits per heavy atom. The van der Waals surface area contributed by atoms with Crippen LogP contribution in [0, 0.1) is 11.8 Å². The molecule has 3 aliphatic heterocycles. The molecule has 376 valence electrons. The minimum absolute atomic E-state index is 0.0101. The van der Waals surface area contributed by atoms with E-state index in [1.807, 2.05) is 13.8 Å². The zero-order valence-electron chi connectivity index (χ0n) is 39.0. The first kappa shape index (κ1) is 52.2. The van der Waals surface area contributed by atoms with Crippen molar-refractivity contribution in [1.82, 2.24) is 14.1 Å². The van der Waals surface area contributed by atoms with E-state index in [9.17, 15) is 47.1 Å². The number of benzene rings is 3. The summed E-state index contributed by atoms with van der Waals surface area (Å²) in [6, 6.07) is 18.0. The number of hydrogen-bond donors (Lipinski definition) is 5. The predicted molar refractivity (Wildman–Crippen MR) is 267 cm³/mol. The van der Waals surface area contributed by atoms with Crippen LogP contribution in [0.15, 0.2) is 71.7 Å². The Morgan fingerprint density at radius 2 is 1.75 bits per heavy atom. The van der Waals surface area contributed by atoms with Crippen LogP contribution >= 0.6 is 22.9 Å². The van der Waals surface area contributed by atoms with Crippen LogP contribution in [0.3, 0.4) is 0 Å². The number of amides is 4. The van der Waals surface area contributed by atoms with Crippen molar-refractivity contribution in [1.29, 1.82) is 0 Å². The molecule has 22 heteroatoms. The summed E-state index contributed by atoms with van der Waals surface area (Å²) in [7, 11) is -3.81. The first-order valence-electron chi connectivity index (χ1n) is 22.9. The summed E-state index contributed by atoms with van der Waals surface area (Å²) in [4.78, 5) is 93.4. The summed E-state index contributed by atoms with van der Waals surface area (Å²) in [6.07, 6.45) is 4.41. The summed E-state index contributed by atoms with van der Waals surface area (Å²) in [5.74, 6) is -4.77. The maximum Gasteiger partial charge on any atom is 0.349 e. The van der Waals surface area contributed by atoms with E-state index in [1.165, 1.54) is 9.21 Å². The molecule has 4 amide bonds. The number of aromatic carboxylic acids is 1. The number of thiophene rings is 1. The van der Waals surface area contributed by atoms with Crippen molar-refractivity contribution in [2.45, 2.75) is 76.3 Å². The SMILES string of the molecule is CC1(C)CC(C=Nc2cccc(-c3sc(C(=O)O)c(OCC(=O)O)c3Cl)c2)CCN1S(=O)(=O)Cc1cccc(NC(=O)C2CCN(C(=O)CNc3ccc4c(c3)CN(C(C=O)CCC(N)=O)C4=O)CC2)c1. The van der Waals surface area contributed by atoms with Gasteiger partial charge in [-0.05, 0) is 111 Å². The van der Waals surface area contributed by atoms with E-state index in [4.69, 9.17) is 27.2 Å². The molecule has 7 rings (SSSR count). The van der Waals surface area contributed by atoms with Gasteiger partial charge >= 0.3 is 11.9 Å². The number of rotatable bonds is 20. The number of aldehydes is 1. The Bertz CT molecular complexity index is 2880. The zero-order valence-corrected chi connectivity index (χ0v) is 41.4. The highest BCUT2D eigenvalue weighted by molar-refractivity contribution is 7.88. The molecule has 4 heterocycles. The maximum atomic E-state index is 14.0. The van der Waals surface area contributed by atoms with Gasteiger partial charge in [0, 0.05) is 67.2 Å². The molecule has 19 nitrogen and oxygen atoms in total. The van der Waals surface area contributed by atoms with Crippen LogP contribution in [0.1, 0.15) is 83.5 Å². The Hall–Kier alpha value is -6.68. The number of anilines is 2. The first-order chi connectivity index (χ1) is 33.7. The van der Waals surface area contributed by atoms with Crippen LogP contribution in [0.25, 0.3) is 10.4 Å². The lowest BCUT2D eigenvalue weighted by Gasteiger charge is -2.43. The van der Waals surface area contributed by atoms with Gasteiger partial charge in [0.15, 0.2) is 17.2 Å². The van der Waals surface area contributed by atoms with E-state index < -0.39 is 46.1 Å². The molecular formula is C49H54ClN7O12S2. The van der Waals surface area contributed by atoms with Crippen LogP contribution in [0.2, 0.25) is 5.02 Å². The van der Waals surface area contributed by atoms with Gasteiger partial charge in [-0.2, -0.15) is 4.31 Å². The van der Waals surface area contributed by atoms with Gasteiger partial charge in [-0.15, -0.1) is 11.3 Å². The number of nitrogens with zero attached hydrogens (tertiary/aromatic N) is 4. The van der Waals surface area contributed by atoms with Crippen LogP contribution in [0.5, 0.6) is 5.75 Å². The van der Waals surface area contributed by atoms with Crippen molar-refractivity contribution in [3.63, 3.8) is 0 Å². The van der Waals surface area contributed by atoms with Crippen molar-refractivity contribution < 1.29 is 56.9 Å². The number of aliphatic imine (C=N–C) groups is 1. The second kappa shape index (κ2) is 22.2. The molecule has 3 aliphatic rings. The smallest absolute Gasteiger partial charge is 0.349 e. The third-order valence-corrected chi connectivity index (χ3v) is 16.5. The van der Waals surface area contributed by atoms with Gasteiger partial charge < -0.3 is 45.9 Å². The van der Waals surface area contributed by atoms with E-state index in [0.717, 1.165) is 11.3 Å². The lowest BCUT2D eigenvalue weighted by Crippen LogP contribution is -2.53. The topological polar surface area (TPSA) is 275 Å². The van der Waals surface area contributed by atoms with E-state index >= 15 is 0 Å². The van der Waals surface area contributed by atoms with Gasteiger partial charge in [0.2, 0.25) is 27.7 Å². The van der Waals surface area contributed by atoms with Gasteiger partial charge in [-0.1, -0.05) is 35.9 Å². The summed E-state index contributed by atoms with van der Waals surface area (Å²) < 4.78 is 34.7. The Morgan fingerprint density at radius 1 is 1.00 bits per heavy atom. The molecule has 1 aromatic heterocycles. The van der Waals surface area contributed by atoms with E-state index in [1.54, 1.807) is 77.8 Å². The number of carbonyl (C=O) groups excluding carboxylic acids is 5. The molecule has 2 unspecified atom stereocenters. The number of carboxylic acid groups (broad SMARTS) is 2. The van der Waals surface area contributed by atoms with Crippen LogP contribution in [-0.2, 0) is 46.3 Å². The number of aliphatic carboxylic acids is 1. The van der Waals surface area contributed by atoms with Gasteiger partial charge in [0.25, 0.3) is 5.91 Å². The van der Waals surface area contributed by atoms with Crippen molar-refractivity contribution in [3.8, 4) is 16.2 Å². The third kappa shape index (κ3) is 12.6. The Labute approximate surface area is 419 Å². The van der Waals surface area contributed by atoms with E-state index in [2.05, 4.69) is 15.6 Å². The predicted octanol–water partition coefficient (Wildman–Crippen LogP) is 6.03. The number of carboxylic acids is 2. The number of halogens is 1. The van der Waals surface area contributed by atoms with Gasteiger partial charge in [0.05, 0.1) is 28.9 Å². The highest BCUT2D eigenvalue weighted by Gasteiger charge is 2.41. The number of fused-ring (bicyclic) bond motifs is 1. The first-order valence-corrected chi connectivity index (χ1v) is 25.7. The molecule has 71 heavy (non-hydrogen) atoms. The number of primary amides is 1. The van der Waals surface area contributed by atoms with Gasteiger partial charge in [-0.25, -0.2) is 18.0 Å². The molecule has 0 bridgehead atoms. The van der Waals surface area contributed by atoms with E-state index in [-0.39, 0.29) is 83.4 Å². The summed E-state index contributed by atoms with van der Waals surface area (Å²) in [5, 5.41) is 24.7. The molecule has 2 fully saturated rings. The normalized spacial score (nSPS) is 17.7. The number of nitrogens with one attached hydrogen (secondary N) is 2. The molecule has 3 aromatic carbocycles. The fourth-order valence-corrected chi connectivity index (χ4v) is 12.6. The summed E-state index contributed by atoms with van der Waals surface area (Å²) in [5.41, 5.74) is 8.32. The molecule has 0 radical (unpaired) electrons. The maximum absolute atomic E-state index is 14.0. The standard InChI is InChI=1S/C49H54ClN7O12S2/c1-49(2)22-30(23-52-34-7-4-6-32(20-34)44-42(50)43(69-27-41(61)62)45(70-44)48(65)66)13-18-57(49)71(67,68)28-29-5-3-8-36(19-29)54-46(63)31-14-16-55(17-15-31)40(60)24-53-35-9-11-38-33(21-35)25-56(47(38)64)37(26-58)10-12-39(51)59/h3-9,11,19-21,23,26,30-31,37,53H,10,12-18,22,24-25,27-28H2,1-2H3,(H2,51,59)(H,54,63)(H,61,62)(H,65,66). The lowest BCUT2D eigenvalue weighted by atomic mass is 9.85. The second-order valence-corrected chi connectivity index (χ2v) is 21.6. The zero-order chi connectivity index (χ0) is 51.2. The number of ether oxygens (including phenoxy) is 1. The molecule has 4 aromatic rings. The average Bonchev–Trinajstić information content (AvgIpc) is 3.84. The highest BCUT2D eigenvalue weighted by Crippen LogP contribution is 2.46. The summed E-state index contributed by atoms with van der Waals surface area (Å²) in [6.45, 7) is 4.15. The molecule has 2 atom stereocenters. The third-order valence-electron chi connectivity index (χ3n) is 12.7. The second-order valence-electron chi connectivity index (χ2n) is 18.3. The van der Waals surface area contributed by atoms with E-state index in [0.29, 0.717) is 89.3 Å². The Kier molecular flexibility index (Phi) is 16.3. The van der Waals surface area contributed by atoms with Crippen molar-refractivity contribution in [2.75, 3.05) is 43.4 Å². The molecule has 0 aliphatic carbocycles. The largest absolute Gasteiger partial charge is 0.479 e. The van der Waals surface area contributed by atoms with Crippen LogP contribution < -0.4 is 21.1 Å². The molecular weight excluding hydrogens is 978 g/mol. The number of nitrogens with two attached hydrogens (primary N) is 1.